The molecule has 0 saturated carbocycles. The van der Waals surface area contributed by atoms with Crippen LogP contribution in [-0.2, 0) is 4.79 Å². The Hall–Kier alpha value is -0.540. The lowest BCUT2D eigenvalue weighted by molar-refractivity contribution is -0.110. The monoisotopic (exact) mass is 244 g/mol. The van der Waals surface area contributed by atoms with Gasteiger partial charge < -0.3 is 0 Å². The summed E-state index contributed by atoms with van der Waals surface area (Å²) in [5, 5.41) is 1.11. The standard InChI is InChI=1S/C6H5Br.C3H4OS/c7-6-4-2-1-3-5-6;1-3(4)2-5/h1-5H;2H,1H3. The Morgan fingerprint density at radius 3 is 2.00 bits per heavy atom. The Morgan fingerprint density at radius 1 is 1.42 bits per heavy atom. The third-order valence-corrected chi connectivity index (χ3v) is 1.76. The van der Waals surface area contributed by atoms with Gasteiger partial charge in [-0.05, 0) is 19.1 Å². The summed E-state index contributed by atoms with van der Waals surface area (Å²) in [5.41, 5.74) is 0. The highest BCUT2D eigenvalue weighted by Gasteiger charge is 1.74. The van der Waals surface area contributed by atoms with E-state index in [1.54, 1.807) is 0 Å². The zero-order valence-electron chi connectivity index (χ0n) is 6.66. The number of thiocarbonyl (C=S) groups is 1. The van der Waals surface area contributed by atoms with Crippen molar-refractivity contribution < 1.29 is 4.79 Å². The largest absolute Gasteiger partial charge is 0.294 e. The number of halogens is 1. The fourth-order valence-corrected chi connectivity index (χ4v) is 0.720. The number of ketones is 1. The van der Waals surface area contributed by atoms with Gasteiger partial charge >= 0.3 is 0 Å². The van der Waals surface area contributed by atoms with Gasteiger partial charge in [-0.2, -0.15) is 0 Å². The SMILES string of the molecule is Brc1ccccc1.CC(=O)C=S. The molecular formula is C9H9BrOS. The summed E-state index contributed by atoms with van der Waals surface area (Å²) in [7, 11) is 0. The fraction of sp³-hybridized carbons (Fsp3) is 0.111. The second-order valence-electron chi connectivity index (χ2n) is 2.02. The Bertz CT molecular complexity index is 246. The number of hydrogen-bond donors (Lipinski definition) is 0. The molecule has 3 heteroatoms. The molecule has 0 aliphatic carbocycles. The van der Waals surface area contributed by atoms with E-state index in [9.17, 15) is 4.79 Å². The number of rotatable bonds is 1. The molecule has 0 bridgehead atoms. The van der Waals surface area contributed by atoms with Crippen molar-refractivity contribution >= 4 is 39.3 Å². The number of Topliss-reactive ketones (excluding diaryl/α,β-unsaturated/α-hetero) is 1. The molecule has 12 heavy (non-hydrogen) atoms. The van der Waals surface area contributed by atoms with E-state index in [0.29, 0.717) is 0 Å². The average molecular weight is 245 g/mol. The number of hydrogen-bond acceptors (Lipinski definition) is 2. The van der Waals surface area contributed by atoms with E-state index in [1.165, 1.54) is 6.92 Å². The Balaban J connectivity index is 0.000000217. The van der Waals surface area contributed by atoms with Crippen LogP contribution in [-0.4, -0.2) is 11.2 Å². The molecule has 0 spiro atoms. The van der Waals surface area contributed by atoms with Gasteiger partial charge in [0.05, 0.1) is 0 Å². The molecule has 0 heterocycles. The van der Waals surface area contributed by atoms with Crippen LogP contribution in [0.25, 0.3) is 0 Å². The zero-order valence-corrected chi connectivity index (χ0v) is 9.06. The average Bonchev–Trinajstić information content (AvgIpc) is 2.07. The minimum Gasteiger partial charge on any atom is -0.294 e. The lowest BCUT2D eigenvalue weighted by atomic mass is 10.4. The Morgan fingerprint density at radius 2 is 1.83 bits per heavy atom. The van der Waals surface area contributed by atoms with Crippen LogP contribution in [0.15, 0.2) is 34.8 Å². The Labute approximate surface area is 85.9 Å². The van der Waals surface area contributed by atoms with Gasteiger partial charge in [-0.3, -0.25) is 4.79 Å². The van der Waals surface area contributed by atoms with E-state index in [2.05, 4.69) is 28.1 Å². The molecule has 1 nitrogen and oxygen atoms in total. The van der Waals surface area contributed by atoms with Gasteiger partial charge in [0.2, 0.25) is 0 Å². The quantitative estimate of drug-likeness (QED) is 0.707. The van der Waals surface area contributed by atoms with Gasteiger partial charge in [-0.25, -0.2) is 0 Å². The van der Waals surface area contributed by atoms with Crippen LogP contribution in [0.2, 0.25) is 0 Å². The summed E-state index contributed by atoms with van der Waals surface area (Å²) in [6.07, 6.45) is 0. The van der Waals surface area contributed by atoms with E-state index < -0.39 is 0 Å². The highest BCUT2D eigenvalue weighted by atomic mass is 79.9. The van der Waals surface area contributed by atoms with E-state index in [1.807, 2.05) is 30.3 Å². The molecule has 0 unspecified atom stereocenters. The van der Waals surface area contributed by atoms with E-state index in [-0.39, 0.29) is 5.78 Å². The van der Waals surface area contributed by atoms with Crippen LogP contribution in [0.3, 0.4) is 0 Å². The molecule has 1 aromatic carbocycles. The molecule has 0 aliphatic rings. The molecular weight excluding hydrogens is 236 g/mol. The molecule has 0 radical (unpaired) electrons. The fourth-order valence-electron chi connectivity index (χ4n) is 0.415. The maximum atomic E-state index is 9.65. The lowest BCUT2D eigenvalue weighted by Crippen LogP contribution is -1.83. The first-order chi connectivity index (χ1) is 5.66. The lowest BCUT2D eigenvalue weighted by Gasteiger charge is -1.80. The van der Waals surface area contributed by atoms with Crippen LogP contribution in [0.1, 0.15) is 6.92 Å². The maximum absolute atomic E-state index is 9.65. The normalized spacial score (nSPS) is 7.83. The first kappa shape index (κ1) is 11.5. The van der Waals surface area contributed by atoms with Gasteiger partial charge in [0.15, 0.2) is 5.78 Å². The third-order valence-electron chi connectivity index (χ3n) is 0.899. The van der Waals surface area contributed by atoms with E-state index in [4.69, 9.17) is 0 Å². The van der Waals surface area contributed by atoms with Gasteiger partial charge in [0, 0.05) is 9.84 Å². The summed E-state index contributed by atoms with van der Waals surface area (Å²) in [6.45, 7) is 1.42. The zero-order chi connectivity index (χ0) is 9.40. The number of carbonyl (C=O) groups is 1. The van der Waals surface area contributed by atoms with Gasteiger partial charge in [0.1, 0.15) is 0 Å². The van der Waals surface area contributed by atoms with Crippen molar-refractivity contribution in [2.75, 3.05) is 0 Å². The molecule has 0 N–H and O–H groups in total. The minimum absolute atomic E-state index is 0.0556. The van der Waals surface area contributed by atoms with Gasteiger partial charge in [-0.1, -0.05) is 46.3 Å². The number of carbonyl (C=O) groups excluding carboxylic acids is 1. The van der Waals surface area contributed by atoms with Crippen LogP contribution in [0.5, 0.6) is 0 Å². The molecule has 0 saturated heterocycles. The molecule has 0 aromatic heterocycles. The molecule has 0 aliphatic heterocycles. The van der Waals surface area contributed by atoms with E-state index >= 15 is 0 Å². The van der Waals surface area contributed by atoms with Crippen molar-refractivity contribution in [2.24, 2.45) is 0 Å². The predicted molar refractivity (Wildman–Crippen MR) is 58.5 cm³/mol. The highest BCUT2D eigenvalue weighted by molar-refractivity contribution is 9.10. The van der Waals surface area contributed by atoms with Crippen molar-refractivity contribution in [3.63, 3.8) is 0 Å². The van der Waals surface area contributed by atoms with Crippen molar-refractivity contribution in [3.05, 3.63) is 34.8 Å². The smallest absolute Gasteiger partial charge is 0.163 e. The summed E-state index contributed by atoms with van der Waals surface area (Å²) < 4.78 is 1.13. The molecule has 1 rings (SSSR count). The second kappa shape index (κ2) is 7.13. The summed E-state index contributed by atoms with van der Waals surface area (Å²) in [4.78, 5) is 9.65. The first-order valence-electron chi connectivity index (χ1n) is 3.33. The topological polar surface area (TPSA) is 17.1 Å². The Kier molecular flexibility index (Phi) is 6.81. The van der Waals surface area contributed by atoms with Crippen LogP contribution >= 0.6 is 28.1 Å². The number of benzene rings is 1. The maximum Gasteiger partial charge on any atom is 0.163 e. The summed E-state index contributed by atoms with van der Waals surface area (Å²) in [6, 6.07) is 9.97. The van der Waals surface area contributed by atoms with Crippen LogP contribution in [0.4, 0.5) is 0 Å². The summed E-state index contributed by atoms with van der Waals surface area (Å²) in [5.74, 6) is -0.0556. The summed E-state index contributed by atoms with van der Waals surface area (Å²) >= 11 is 7.51. The van der Waals surface area contributed by atoms with Crippen molar-refractivity contribution in [1.29, 1.82) is 0 Å². The molecule has 64 valence electrons. The minimum atomic E-state index is -0.0556. The van der Waals surface area contributed by atoms with Crippen molar-refractivity contribution in [2.45, 2.75) is 6.92 Å². The van der Waals surface area contributed by atoms with Gasteiger partial charge in [-0.15, -0.1) is 0 Å². The first-order valence-corrected chi connectivity index (χ1v) is 4.59. The molecule has 0 fully saturated rings. The second-order valence-corrected chi connectivity index (χ2v) is 3.18. The van der Waals surface area contributed by atoms with Crippen LogP contribution in [0, 0.1) is 0 Å². The van der Waals surface area contributed by atoms with Crippen molar-refractivity contribution in [1.82, 2.24) is 0 Å². The highest BCUT2D eigenvalue weighted by Crippen LogP contribution is 2.05. The van der Waals surface area contributed by atoms with Gasteiger partial charge in [0.25, 0.3) is 0 Å². The van der Waals surface area contributed by atoms with Crippen molar-refractivity contribution in [3.8, 4) is 0 Å². The van der Waals surface area contributed by atoms with E-state index in [0.717, 1.165) is 9.84 Å². The molecule has 1 aromatic rings. The molecule has 0 atom stereocenters. The molecule has 0 amide bonds. The third kappa shape index (κ3) is 7.57. The predicted octanol–water partition coefficient (Wildman–Crippen LogP) is 3.02. The van der Waals surface area contributed by atoms with Crippen LogP contribution < -0.4 is 0 Å².